The van der Waals surface area contributed by atoms with Gasteiger partial charge in [-0.25, -0.2) is 9.37 Å². The Morgan fingerprint density at radius 3 is 2.39 bits per heavy atom. The van der Waals surface area contributed by atoms with Gasteiger partial charge in [-0.05, 0) is 24.3 Å². The molecule has 0 radical (unpaired) electrons. The molecule has 0 aliphatic heterocycles. The number of aromatic nitrogens is 4. The van der Waals surface area contributed by atoms with Crippen molar-refractivity contribution >= 4 is 11.3 Å². The van der Waals surface area contributed by atoms with Crippen LogP contribution in [0.2, 0.25) is 0 Å². The highest BCUT2D eigenvalue weighted by Gasteiger charge is 2.10. The summed E-state index contributed by atoms with van der Waals surface area (Å²) in [5, 5.41) is 11.0. The lowest BCUT2D eigenvalue weighted by molar-refractivity contribution is 0.628. The van der Waals surface area contributed by atoms with Crippen molar-refractivity contribution in [1.82, 2.24) is 20.0 Å². The number of hydrogen-bond acceptors (Lipinski definition) is 4. The van der Waals surface area contributed by atoms with Gasteiger partial charge in [0.25, 0.3) is 0 Å². The van der Waals surface area contributed by atoms with Gasteiger partial charge >= 0.3 is 0 Å². The minimum absolute atomic E-state index is 0.256. The van der Waals surface area contributed by atoms with E-state index in [2.05, 4.69) is 15.3 Å². The van der Waals surface area contributed by atoms with Crippen molar-refractivity contribution in [2.45, 2.75) is 0 Å². The number of nitrogens with zero attached hydrogens (tertiary/aromatic N) is 4. The summed E-state index contributed by atoms with van der Waals surface area (Å²) in [6.45, 7) is 0. The molecule has 112 valence electrons. The van der Waals surface area contributed by atoms with E-state index in [0.29, 0.717) is 0 Å². The number of thiazole rings is 1. The van der Waals surface area contributed by atoms with Crippen molar-refractivity contribution < 1.29 is 4.39 Å². The predicted molar refractivity (Wildman–Crippen MR) is 87.9 cm³/mol. The number of hydrogen-bond donors (Lipinski definition) is 0. The van der Waals surface area contributed by atoms with Crippen molar-refractivity contribution in [2.75, 3.05) is 0 Å². The standard InChI is InChI=1S/C17H11FN4S/c18-14-8-6-13(7-9-14)16-11-23-17(19-16)22-10-15(20-21-22)12-4-2-1-3-5-12/h1-11H. The highest BCUT2D eigenvalue weighted by atomic mass is 32.1. The van der Waals surface area contributed by atoms with E-state index in [1.54, 1.807) is 16.8 Å². The lowest BCUT2D eigenvalue weighted by Crippen LogP contribution is -1.93. The van der Waals surface area contributed by atoms with Crippen LogP contribution in [0.5, 0.6) is 0 Å². The van der Waals surface area contributed by atoms with Gasteiger partial charge in [-0.15, -0.1) is 16.4 Å². The summed E-state index contributed by atoms with van der Waals surface area (Å²) in [6, 6.07) is 16.1. The third kappa shape index (κ3) is 2.76. The SMILES string of the molecule is Fc1ccc(-c2csc(-n3cc(-c4ccccc4)nn3)n2)cc1. The predicted octanol–water partition coefficient (Wildman–Crippen LogP) is 4.20. The molecular formula is C17H11FN4S. The van der Waals surface area contributed by atoms with Crippen molar-refractivity contribution in [3.05, 3.63) is 72.0 Å². The van der Waals surface area contributed by atoms with E-state index in [4.69, 9.17) is 0 Å². The minimum Gasteiger partial charge on any atom is -0.218 e. The molecule has 0 unspecified atom stereocenters. The van der Waals surface area contributed by atoms with Crippen LogP contribution in [0.4, 0.5) is 4.39 Å². The summed E-state index contributed by atoms with van der Waals surface area (Å²) in [5.74, 6) is -0.256. The molecule has 2 aromatic heterocycles. The summed E-state index contributed by atoms with van der Waals surface area (Å²) in [7, 11) is 0. The largest absolute Gasteiger partial charge is 0.218 e. The van der Waals surface area contributed by atoms with Crippen LogP contribution in [0.1, 0.15) is 0 Å². The first-order valence-electron chi connectivity index (χ1n) is 6.99. The second-order valence-corrected chi connectivity index (χ2v) is 5.77. The number of benzene rings is 2. The second-order valence-electron chi connectivity index (χ2n) is 4.94. The smallest absolute Gasteiger partial charge is 0.212 e. The van der Waals surface area contributed by atoms with Crippen molar-refractivity contribution in [3.8, 4) is 27.6 Å². The summed E-state index contributed by atoms with van der Waals surface area (Å²) in [5.41, 5.74) is 3.47. The van der Waals surface area contributed by atoms with Crippen molar-refractivity contribution in [3.63, 3.8) is 0 Å². The Labute approximate surface area is 135 Å². The zero-order chi connectivity index (χ0) is 15.6. The van der Waals surface area contributed by atoms with Crippen LogP contribution < -0.4 is 0 Å². The lowest BCUT2D eigenvalue weighted by atomic mass is 10.2. The van der Waals surface area contributed by atoms with Gasteiger partial charge in [0.05, 0.1) is 11.9 Å². The Morgan fingerprint density at radius 2 is 1.61 bits per heavy atom. The molecule has 0 amide bonds. The molecule has 2 heterocycles. The van der Waals surface area contributed by atoms with E-state index < -0.39 is 0 Å². The Morgan fingerprint density at radius 1 is 0.870 bits per heavy atom. The van der Waals surface area contributed by atoms with Gasteiger partial charge in [0.1, 0.15) is 11.5 Å². The molecule has 23 heavy (non-hydrogen) atoms. The Kier molecular flexibility index (Phi) is 3.44. The zero-order valence-electron chi connectivity index (χ0n) is 11.9. The van der Waals surface area contributed by atoms with Gasteiger partial charge in [-0.2, -0.15) is 4.68 Å². The van der Waals surface area contributed by atoms with E-state index in [0.717, 1.165) is 27.6 Å². The average Bonchev–Trinajstić information content (AvgIpc) is 3.26. The Balaban J connectivity index is 1.65. The fourth-order valence-corrected chi connectivity index (χ4v) is 2.98. The molecule has 4 rings (SSSR count). The molecule has 2 aromatic carbocycles. The summed E-state index contributed by atoms with van der Waals surface area (Å²) >= 11 is 1.47. The molecule has 0 aliphatic rings. The average molecular weight is 322 g/mol. The quantitative estimate of drug-likeness (QED) is 0.568. The molecule has 6 heteroatoms. The molecule has 0 atom stereocenters. The molecule has 0 spiro atoms. The second kappa shape index (κ2) is 5.73. The molecule has 0 saturated heterocycles. The zero-order valence-corrected chi connectivity index (χ0v) is 12.7. The highest BCUT2D eigenvalue weighted by Crippen LogP contribution is 2.25. The Bertz CT molecular complexity index is 929. The van der Waals surface area contributed by atoms with Gasteiger partial charge in [0, 0.05) is 16.5 Å². The van der Waals surface area contributed by atoms with E-state index in [1.165, 1.54) is 23.5 Å². The highest BCUT2D eigenvalue weighted by molar-refractivity contribution is 7.12. The van der Waals surface area contributed by atoms with Crippen LogP contribution in [0.3, 0.4) is 0 Å². The summed E-state index contributed by atoms with van der Waals surface area (Å²) in [6.07, 6.45) is 1.85. The third-order valence-electron chi connectivity index (χ3n) is 3.39. The van der Waals surface area contributed by atoms with Crippen LogP contribution in [-0.2, 0) is 0 Å². The third-order valence-corrected chi connectivity index (χ3v) is 4.22. The number of rotatable bonds is 3. The normalized spacial score (nSPS) is 10.8. The van der Waals surface area contributed by atoms with Gasteiger partial charge in [0.2, 0.25) is 5.13 Å². The molecule has 4 aromatic rings. The van der Waals surface area contributed by atoms with Gasteiger partial charge in [-0.1, -0.05) is 35.5 Å². The van der Waals surface area contributed by atoms with Crippen molar-refractivity contribution in [2.24, 2.45) is 0 Å². The number of halogens is 1. The van der Waals surface area contributed by atoms with Crippen LogP contribution in [0.25, 0.3) is 27.6 Å². The molecule has 4 nitrogen and oxygen atoms in total. The van der Waals surface area contributed by atoms with E-state index in [1.807, 2.05) is 41.9 Å². The maximum absolute atomic E-state index is 13.0. The monoisotopic (exact) mass is 322 g/mol. The molecular weight excluding hydrogens is 311 g/mol. The molecule has 0 N–H and O–H groups in total. The maximum Gasteiger partial charge on any atom is 0.212 e. The molecule has 0 aliphatic carbocycles. The van der Waals surface area contributed by atoms with Gasteiger partial charge < -0.3 is 0 Å². The van der Waals surface area contributed by atoms with E-state index in [9.17, 15) is 4.39 Å². The van der Waals surface area contributed by atoms with Gasteiger partial charge in [0.15, 0.2) is 0 Å². The van der Waals surface area contributed by atoms with Crippen molar-refractivity contribution in [1.29, 1.82) is 0 Å². The first-order valence-corrected chi connectivity index (χ1v) is 7.87. The minimum atomic E-state index is -0.256. The van der Waals surface area contributed by atoms with E-state index >= 15 is 0 Å². The summed E-state index contributed by atoms with van der Waals surface area (Å²) in [4.78, 5) is 4.54. The van der Waals surface area contributed by atoms with Gasteiger partial charge in [-0.3, -0.25) is 0 Å². The lowest BCUT2D eigenvalue weighted by Gasteiger charge is -1.96. The van der Waals surface area contributed by atoms with Crippen LogP contribution in [0.15, 0.2) is 66.2 Å². The first kappa shape index (κ1) is 13.8. The summed E-state index contributed by atoms with van der Waals surface area (Å²) < 4.78 is 14.6. The van der Waals surface area contributed by atoms with E-state index in [-0.39, 0.29) is 5.82 Å². The topological polar surface area (TPSA) is 43.6 Å². The Hall–Kier alpha value is -2.86. The van der Waals surface area contributed by atoms with Crippen LogP contribution in [0, 0.1) is 5.82 Å². The maximum atomic E-state index is 13.0. The van der Waals surface area contributed by atoms with Crippen LogP contribution >= 0.6 is 11.3 Å². The molecule has 0 bridgehead atoms. The fraction of sp³-hybridized carbons (Fsp3) is 0. The van der Waals surface area contributed by atoms with Crippen LogP contribution in [-0.4, -0.2) is 20.0 Å². The first-order chi connectivity index (χ1) is 11.3. The molecule has 0 saturated carbocycles. The fourth-order valence-electron chi connectivity index (χ4n) is 2.22. The molecule has 0 fully saturated rings.